The molecule has 0 amide bonds. The van der Waals surface area contributed by atoms with Crippen LogP contribution >= 0.6 is 11.6 Å². The van der Waals surface area contributed by atoms with Crippen LogP contribution < -0.4 is 10.6 Å². The fourth-order valence-electron chi connectivity index (χ4n) is 4.12. The molecule has 0 radical (unpaired) electrons. The third-order valence-electron chi connectivity index (χ3n) is 5.86. The standard InChI is InChI=1S/C22H28ClN5/c1-4-15-16(7-6-8-17(15)23)20-26-18(5-2)19-21(25-11-14-28(19)20)27-12-9-22(3,24)10-13-27/h6-8,11,14H,4-5,9-10,12-13,24H2,1-3H3. The van der Waals surface area contributed by atoms with Gasteiger partial charge in [0, 0.05) is 41.6 Å². The molecular formula is C22H28ClN5. The fourth-order valence-corrected chi connectivity index (χ4v) is 4.43. The Labute approximate surface area is 171 Å². The Balaban J connectivity index is 1.87. The molecule has 4 rings (SSSR count). The summed E-state index contributed by atoms with van der Waals surface area (Å²) in [5.41, 5.74) is 10.6. The van der Waals surface area contributed by atoms with Crippen molar-refractivity contribution in [1.82, 2.24) is 14.4 Å². The fraction of sp³-hybridized carbons (Fsp3) is 0.455. The van der Waals surface area contributed by atoms with Crippen LogP contribution in [0.3, 0.4) is 0 Å². The zero-order valence-electron chi connectivity index (χ0n) is 16.9. The van der Waals surface area contributed by atoms with Crippen molar-refractivity contribution in [2.75, 3.05) is 18.0 Å². The molecule has 0 saturated carbocycles. The quantitative estimate of drug-likeness (QED) is 0.704. The van der Waals surface area contributed by atoms with Gasteiger partial charge in [-0.2, -0.15) is 0 Å². The van der Waals surface area contributed by atoms with Gasteiger partial charge in [-0.3, -0.25) is 4.40 Å². The molecular weight excluding hydrogens is 370 g/mol. The molecule has 1 aromatic carbocycles. The number of nitrogens with two attached hydrogens (primary N) is 1. The molecule has 2 aromatic heterocycles. The van der Waals surface area contributed by atoms with Crippen molar-refractivity contribution in [3.8, 4) is 11.4 Å². The summed E-state index contributed by atoms with van der Waals surface area (Å²) in [5.74, 6) is 1.95. The van der Waals surface area contributed by atoms with Crippen molar-refractivity contribution in [3.63, 3.8) is 0 Å². The molecule has 0 bridgehead atoms. The Morgan fingerprint density at radius 3 is 2.61 bits per heavy atom. The predicted molar refractivity (Wildman–Crippen MR) is 116 cm³/mol. The lowest BCUT2D eigenvalue weighted by Gasteiger charge is -2.37. The molecule has 1 saturated heterocycles. The van der Waals surface area contributed by atoms with E-state index in [9.17, 15) is 0 Å². The number of imidazole rings is 1. The SMILES string of the molecule is CCc1c(Cl)cccc1-c1nc(CC)c2c(N3CCC(C)(N)CC3)nccn12. The number of nitrogens with zero attached hydrogens (tertiary/aromatic N) is 4. The molecule has 2 N–H and O–H groups in total. The first-order chi connectivity index (χ1) is 13.4. The van der Waals surface area contributed by atoms with Gasteiger partial charge < -0.3 is 10.6 Å². The van der Waals surface area contributed by atoms with E-state index in [-0.39, 0.29) is 5.54 Å². The Bertz CT molecular complexity index is 998. The average molecular weight is 398 g/mol. The van der Waals surface area contributed by atoms with Gasteiger partial charge in [0.15, 0.2) is 5.82 Å². The van der Waals surface area contributed by atoms with E-state index in [1.54, 1.807) is 0 Å². The van der Waals surface area contributed by atoms with E-state index in [0.29, 0.717) is 0 Å². The van der Waals surface area contributed by atoms with Gasteiger partial charge >= 0.3 is 0 Å². The van der Waals surface area contributed by atoms with Crippen molar-refractivity contribution >= 4 is 22.9 Å². The number of fused-ring (bicyclic) bond motifs is 1. The zero-order chi connectivity index (χ0) is 19.9. The summed E-state index contributed by atoms with van der Waals surface area (Å²) >= 11 is 6.48. The van der Waals surface area contributed by atoms with Crippen LogP contribution in [0.2, 0.25) is 5.02 Å². The molecule has 1 aliphatic rings. The number of benzene rings is 1. The van der Waals surface area contributed by atoms with E-state index in [0.717, 1.165) is 77.8 Å². The van der Waals surface area contributed by atoms with Gasteiger partial charge in [0.05, 0.1) is 5.69 Å². The van der Waals surface area contributed by atoms with Crippen LogP contribution in [0.25, 0.3) is 16.9 Å². The van der Waals surface area contributed by atoms with Crippen LogP contribution in [-0.4, -0.2) is 33.0 Å². The second-order valence-electron chi connectivity index (χ2n) is 7.97. The molecule has 1 aliphatic heterocycles. The van der Waals surface area contributed by atoms with Gasteiger partial charge in [0.1, 0.15) is 11.3 Å². The minimum Gasteiger partial charge on any atom is -0.355 e. The van der Waals surface area contributed by atoms with Crippen molar-refractivity contribution in [3.05, 3.63) is 46.9 Å². The van der Waals surface area contributed by atoms with Crippen LogP contribution in [0.5, 0.6) is 0 Å². The summed E-state index contributed by atoms with van der Waals surface area (Å²) in [6.45, 7) is 8.25. The number of hydrogen-bond acceptors (Lipinski definition) is 4. The van der Waals surface area contributed by atoms with Crippen molar-refractivity contribution < 1.29 is 0 Å². The highest BCUT2D eigenvalue weighted by molar-refractivity contribution is 6.31. The monoisotopic (exact) mass is 397 g/mol. The summed E-state index contributed by atoms with van der Waals surface area (Å²) in [4.78, 5) is 12.1. The molecule has 6 heteroatoms. The highest BCUT2D eigenvalue weighted by Crippen LogP contribution is 2.34. The van der Waals surface area contributed by atoms with Crippen LogP contribution in [0.4, 0.5) is 5.82 Å². The predicted octanol–water partition coefficient (Wildman–Crippen LogP) is 4.49. The Hall–Kier alpha value is -2.11. The number of hydrogen-bond donors (Lipinski definition) is 1. The van der Waals surface area contributed by atoms with Crippen molar-refractivity contribution in [2.45, 2.75) is 52.0 Å². The molecule has 28 heavy (non-hydrogen) atoms. The summed E-state index contributed by atoms with van der Waals surface area (Å²) in [6, 6.07) is 6.06. The van der Waals surface area contributed by atoms with E-state index in [4.69, 9.17) is 27.3 Å². The number of halogens is 1. The van der Waals surface area contributed by atoms with Crippen LogP contribution in [0, 0.1) is 0 Å². The maximum absolute atomic E-state index is 6.48. The smallest absolute Gasteiger partial charge is 0.154 e. The lowest BCUT2D eigenvalue weighted by atomic mass is 9.91. The number of aromatic nitrogens is 3. The molecule has 1 fully saturated rings. The van der Waals surface area contributed by atoms with Gasteiger partial charge in [0.25, 0.3) is 0 Å². The Morgan fingerprint density at radius 2 is 1.93 bits per heavy atom. The third kappa shape index (κ3) is 3.27. The first-order valence-corrected chi connectivity index (χ1v) is 10.5. The molecule has 0 spiro atoms. The number of anilines is 1. The van der Waals surface area contributed by atoms with Gasteiger partial charge in [-0.15, -0.1) is 0 Å². The number of aryl methyl sites for hydroxylation is 1. The first-order valence-electron chi connectivity index (χ1n) is 10.1. The zero-order valence-corrected chi connectivity index (χ0v) is 17.6. The summed E-state index contributed by atoms with van der Waals surface area (Å²) in [5, 5.41) is 0.794. The van der Waals surface area contributed by atoms with Crippen LogP contribution in [-0.2, 0) is 12.8 Å². The molecule has 0 unspecified atom stereocenters. The van der Waals surface area contributed by atoms with Crippen LogP contribution in [0.1, 0.15) is 44.9 Å². The van der Waals surface area contributed by atoms with E-state index >= 15 is 0 Å². The highest BCUT2D eigenvalue weighted by atomic mass is 35.5. The van der Waals surface area contributed by atoms with E-state index in [1.165, 1.54) is 0 Å². The molecule has 3 heterocycles. The molecule has 3 aromatic rings. The van der Waals surface area contributed by atoms with E-state index in [2.05, 4.69) is 36.1 Å². The summed E-state index contributed by atoms with van der Waals surface area (Å²) in [7, 11) is 0. The maximum Gasteiger partial charge on any atom is 0.154 e. The van der Waals surface area contributed by atoms with Crippen molar-refractivity contribution in [2.24, 2.45) is 5.73 Å². The molecule has 148 valence electrons. The summed E-state index contributed by atoms with van der Waals surface area (Å²) < 4.78 is 2.18. The van der Waals surface area contributed by atoms with Gasteiger partial charge in [-0.25, -0.2) is 9.97 Å². The molecule has 5 nitrogen and oxygen atoms in total. The third-order valence-corrected chi connectivity index (χ3v) is 6.22. The number of piperidine rings is 1. The van der Waals surface area contributed by atoms with Crippen molar-refractivity contribution in [1.29, 1.82) is 0 Å². The maximum atomic E-state index is 6.48. The summed E-state index contributed by atoms with van der Waals surface area (Å²) in [6.07, 6.45) is 7.53. The Kier molecular flexibility index (Phi) is 5.06. The van der Waals surface area contributed by atoms with E-state index < -0.39 is 0 Å². The molecule has 0 aliphatic carbocycles. The Morgan fingerprint density at radius 1 is 1.18 bits per heavy atom. The van der Waals surface area contributed by atoms with Gasteiger partial charge in [-0.1, -0.05) is 37.6 Å². The first kappa shape index (κ1) is 19.2. The second-order valence-corrected chi connectivity index (χ2v) is 8.37. The highest BCUT2D eigenvalue weighted by Gasteiger charge is 2.28. The topological polar surface area (TPSA) is 59.5 Å². The molecule has 0 atom stereocenters. The average Bonchev–Trinajstić information content (AvgIpc) is 3.07. The lowest BCUT2D eigenvalue weighted by molar-refractivity contribution is 0.363. The van der Waals surface area contributed by atoms with Gasteiger partial charge in [0.2, 0.25) is 0 Å². The second kappa shape index (κ2) is 7.37. The van der Waals surface area contributed by atoms with Crippen LogP contribution in [0.15, 0.2) is 30.6 Å². The largest absolute Gasteiger partial charge is 0.355 e. The number of rotatable bonds is 4. The minimum atomic E-state index is -0.0859. The lowest BCUT2D eigenvalue weighted by Crippen LogP contribution is -2.48. The van der Waals surface area contributed by atoms with E-state index in [1.807, 2.05) is 24.5 Å². The normalized spacial score (nSPS) is 16.7. The van der Waals surface area contributed by atoms with Gasteiger partial charge in [-0.05, 0) is 44.2 Å². The minimum absolute atomic E-state index is 0.0859.